The van der Waals surface area contributed by atoms with Crippen LogP contribution >= 0.6 is 0 Å². The summed E-state index contributed by atoms with van der Waals surface area (Å²) in [7, 11) is 0. The van der Waals surface area contributed by atoms with E-state index < -0.39 is 0 Å². The van der Waals surface area contributed by atoms with Gasteiger partial charge in [-0.15, -0.1) is 0 Å². The van der Waals surface area contributed by atoms with Crippen molar-refractivity contribution in [2.24, 2.45) is 5.92 Å². The van der Waals surface area contributed by atoms with Crippen LogP contribution in [0.1, 0.15) is 45.1 Å². The zero-order valence-electron chi connectivity index (χ0n) is 18.1. The normalized spacial score (nSPS) is 27.1. The molecule has 3 aliphatic rings. The zero-order chi connectivity index (χ0) is 20.3. The SMILES string of the molecule is CC1(C)CN(C(=O)C2CCCN(C3CCN(Cc4cccnc4)CC3)C2)CCO1. The second-order valence-corrected chi connectivity index (χ2v) is 9.57. The van der Waals surface area contributed by atoms with Crippen LogP contribution in [0.2, 0.25) is 0 Å². The van der Waals surface area contributed by atoms with Crippen LogP contribution in [0.5, 0.6) is 0 Å². The Kier molecular flexibility index (Phi) is 6.52. The number of carbonyl (C=O) groups is 1. The Bertz CT molecular complexity index is 673. The standard InChI is InChI=1S/C23H36N4O2/c1-23(2)18-27(13-14-29-23)22(28)20-6-4-10-26(17-20)21-7-11-25(12-8-21)16-19-5-3-9-24-15-19/h3,5,9,15,20-21H,4,6-8,10-14,16-18H2,1-2H3. The summed E-state index contributed by atoms with van der Waals surface area (Å²) in [5.41, 5.74) is 1.08. The lowest BCUT2D eigenvalue weighted by Gasteiger charge is -2.44. The minimum Gasteiger partial charge on any atom is -0.372 e. The number of amides is 1. The number of hydrogen-bond donors (Lipinski definition) is 0. The van der Waals surface area contributed by atoms with Gasteiger partial charge in [0.25, 0.3) is 0 Å². The van der Waals surface area contributed by atoms with Crippen LogP contribution in [-0.2, 0) is 16.1 Å². The van der Waals surface area contributed by atoms with Crippen molar-refractivity contribution in [3.05, 3.63) is 30.1 Å². The Balaban J connectivity index is 1.27. The number of hydrogen-bond acceptors (Lipinski definition) is 5. The van der Waals surface area contributed by atoms with Gasteiger partial charge in [0.15, 0.2) is 0 Å². The van der Waals surface area contributed by atoms with Crippen LogP contribution in [0.15, 0.2) is 24.5 Å². The number of piperidine rings is 2. The number of rotatable bonds is 4. The summed E-state index contributed by atoms with van der Waals surface area (Å²) in [6.07, 6.45) is 8.38. The number of carbonyl (C=O) groups excluding carboxylic acids is 1. The molecule has 160 valence electrons. The Hall–Kier alpha value is -1.50. The fraction of sp³-hybridized carbons (Fsp3) is 0.739. The lowest BCUT2D eigenvalue weighted by molar-refractivity contribution is -0.152. The number of aromatic nitrogens is 1. The first-order valence-electron chi connectivity index (χ1n) is 11.3. The second-order valence-electron chi connectivity index (χ2n) is 9.57. The monoisotopic (exact) mass is 400 g/mol. The zero-order valence-corrected chi connectivity index (χ0v) is 18.1. The van der Waals surface area contributed by atoms with Gasteiger partial charge in [-0.1, -0.05) is 6.07 Å². The molecule has 0 saturated carbocycles. The molecule has 0 radical (unpaired) electrons. The fourth-order valence-corrected chi connectivity index (χ4v) is 5.19. The second kappa shape index (κ2) is 9.11. The summed E-state index contributed by atoms with van der Waals surface area (Å²) < 4.78 is 5.79. The van der Waals surface area contributed by atoms with Gasteiger partial charge in [0.05, 0.1) is 18.1 Å². The average molecular weight is 401 g/mol. The van der Waals surface area contributed by atoms with Crippen molar-refractivity contribution in [1.82, 2.24) is 19.7 Å². The van der Waals surface area contributed by atoms with Crippen LogP contribution < -0.4 is 0 Å². The van der Waals surface area contributed by atoms with E-state index in [1.807, 2.05) is 23.4 Å². The van der Waals surface area contributed by atoms with Gasteiger partial charge in [0.2, 0.25) is 5.91 Å². The smallest absolute Gasteiger partial charge is 0.227 e. The van der Waals surface area contributed by atoms with Crippen LogP contribution in [0.3, 0.4) is 0 Å². The molecule has 0 spiro atoms. The molecule has 6 heteroatoms. The fourth-order valence-electron chi connectivity index (χ4n) is 5.19. The Labute approximate surface area is 175 Å². The molecule has 1 aromatic heterocycles. The topological polar surface area (TPSA) is 48.9 Å². The molecule has 3 fully saturated rings. The highest BCUT2D eigenvalue weighted by molar-refractivity contribution is 5.79. The van der Waals surface area contributed by atoms with Crippen molar-refractivity contribution < 1.29 is 9.53 Å². The molecule has 3 aliphatic heterocycles. The molecule has 0 bridgehead atoms. The Morgan fingerprint density at radius 1 is 1.21 bits per heavy atom. The molecule has 0 aromatic carbocycles. The van der Waals surface area contributed by atoms with Crippen LogP contribution in [-0.4, -0.2) is 83.1 Å². The van der Waals surface area contributed by atoms with Gasteiger partial charge >= 0.3 is 0 Å². The highest BCUT2D eigenvalue weighted by Crippen LogP contribution is 2.27. The molecule has 1 amide bonds. The third kappa shape index (κ3) is 5.36. The maximum Gasteiger partial charge on any atom is 0.227 e. The van der Waals surface area contributed by atoms with Crippen molar-refractivity contribution in [1.29, 1.82) is 0 Å². The first kappa shape index (κ1) is 20.8. The van der Waals surface area contributed by atoms with E-state index in [2.05, 4.69) is 34.7 Å². The lowest BCUT2D eigenvalue weighted by Crippen LogP contribution is -2.55. The predicted octanol–water partition coefficient (Wildman–Crippen LogP) is 2.40. The van der Waals surface area contributed by atoms with E-state index >= 15 is 0 Å². The van der Waals surface area contributed by atoms with Gasteiger partial charge in [-0.25, -0.2) is 0 Å². The maximum atomic E-state index is 13.2. The lowest BCUT2D eigenvalue weighted by atomic mass is 9.92. The van der Waals surface area contributed by atoms with Crippen molar-refractivity contribution in [2.45, 2.75) is 57.7 Å². The van der Waals surface area contributed by atoms with Crippen molar-refractivity contribution in [3.63, 3.8) is 0 Å². The van der Waals surface area contributed by atoms with Gasteiger partial charge in [0, 0.05) is 44.6 Å². The third-order valence-electron chi connectivity index (χ3n) is 6.74. The number of ether oxygens (including phenoxy) is 1. The molecule has 0 aliphatic carbocycles. The average Bonchev–Trinajstić information content (AvgIpc) is 2.74. The van der Waals surface area contributed by atoms with Crippen molar-refractivity contribution in [2.75, 3.05) is 45.9 Å². The van der Waals surface area contributed by atoms with Gasteiger partial charge in [0.1, 0.15) is 0 Å². The maximum absolute atomic E-state index is 13.2. The number of nitrogens with zero attached hydrogens (tertiary/aromatic N) is 4. The molecule has 3 saturated heterocycles. The summed E-state index contributed by atoms with van der Waals surface area (Å²) in [4.78, 5) is 24.6. The number of likely N-dealkylation sites (tertiary alicyclic amines) is 2. The highest BCUT2D eigenvalue weighted by Gasteiger charge is 2.36. The van der Waals surface area contributed by atoms with Crippen LogP contribution in [0, 0.1) is 5.92 Å². The molecule has 1 atom stereocenters. The molecular weight excluding hydrogens is 364 g/mol. The highest BCUT2D eigenvalue weighted by atomic mass is 16.5. The predicted molar refractivity (Wildman–Crippen MR) is 113 cm³/mol. The summed E-state index contributed by atoms with van der Waals surface area (Å²) in [6.45, 7) is 11.6. The summed E-state index contributed by atoms with van der Waals surface area (Å²) in [6, 6.07) is 4.80. The summed E-state index contributed by atoms with van der Waals surface area (Å²) >= 11 is 0. The molecular formula is C23H36N4O2. The third-order valence-corrected chi connectivity index (χ3v) is 6.74. The molecule has 6 nitrogen and oxygen atoms in total. The molecule has 0 N–H and O–H groups in total. The van der Waals surface area contributed by atoms with E-state index in [0.29, 0.717) is 18.6 Å². The first-order chi connectivity index (χ1) is 14.0. The van der Waals surface area contributed by atoms with Gasteiger partial charge in [-0.3, -0.25) is 19.6 Å². The van der Waals surface area contributed by atoms with E-state index in [0.717, 1.165) is 58.7 Å². The largest absolute Gasteiger partial charge is 0.372 e. The molecule has 1 aromatic rings. The van der Waals surface area contributed by atoms with E-state index in [1.165, 1.54) is 18.4 Å². The Morgan fingerprint density at radius 2 is 2.03 bits per heavy atom. The summed E-state index contributed by atoms with van der Waals surface area (Å²) in [5, 5.41) is 0. The minimum absolute atomic E-state index is 0.158. The van der Waals surface area contributed by atoms with Crippen LogP contribution in [0.4, 0.5) is 0 Å². The van der Waals surface area contributed by atoms with Crippen molar-refractivity contribution >= 4 is 5.91 Å². The summed E-state index contributed by atoms with van der Waals surface area (Å²) in [5.74, 6) is 0.506. The van der Waals surface area contributed by atoms with E-state index in [-0.39, 0.29) is 11.5 Å². The van der Waals surface area contributed by atoms with Crippen LogP contribution in [0.25, 0.3) is 0 Å². The van der Waals surface area contributed by atoms with E-state index in [9.17, 15) is 4.79 Å². The van der Waals surface area contributed by atoms with E-state index in [4.69, 9.17) is 4.74 Å². The van der Waals surface area contributed by atoms with Gasteiger partial charge in [-0.2, -0.15) is 0 Å². The minimum atomic E-state index is -0.219. The molecule has 4 rings (SSSR count). The Morgan fingerprint density at radius 3 is 2.76 bits per heavy atom. The van der Waals surface area contributed by atoms with Gasteiger partial charge < -0.3 is 9.64 Å². The van der Waals surface area contributed by atoms with E-state index in [1.54, 1.807) is 0 Å². The molecule has 29 heavy (non-hydrogen) atoms. The molecule has 4 heterocycles. The molecule has 1 unspecified atom stereocenters. The number of pyridine rings is 1. The number of morpholine rings is 1. The quantitative estimate of drug-likeness (QED) is 0.777. The van der Waals surface area contributed by atoms with Gasteiger partial charge in [-0.05, 0) is 70.8 Å². The first-order valence-corrected chi connectivity index (χ1v) is 11.3. The van der Waals surface area contributed by atoms with Crippen molar-refractivity contribution in [3.8, 4) is 0 Å².